The van der Waals surface area contributed by atoms with Crippen molar-refractivity contribution in [1.29, 1.82) is 0 Å². The maximum Gasteiger partial charge on any atom is 0.326 e. The number of hydrogen-bond donors (Lipinski definition) is 2. The largest absolute Gasteiger partial charge is 0.480 e. The Hall–Kier alpha value is -1.50. The number of carbonyl (C=O) groups excluding carboxylic acids is 2. The van der Waals surface area contributed by atoms with Gasteiger partial charge in [-0.15, -0.1) is 0 Å². The van der Waals surface area contributed by atoms with Crippen molar-refractivity contribution in [3.05, 3.63) is 0 Å². The quantitative estimate of drug-likeness (QED) is 0.670. The molecule has 0 saturated carbocycles. The minimum Gasteiger partial charge on any atom is -0.480 e. The summed E-state index contributed by atoms with van der Waals surface area (Å²) in [6, 6.07) is -1.14. The molecule has 2 aliphatic heterocycles. The molecule has 2 atom stereocenters. The maximum atomic E-state index is 11.2. The molecule has 8 nitrogen and oxygen atoms in total. The Kier molecular flexibility index (Phi) is 10.5. The fourth-order valence-electron chi connectivity index (χ4n) is 3.05. The second kappa shape index (κ2) is 11.2. The van der Waals surface area contributed by atoms with E-state index < -0.39 is 24.0 Å². The zero-order valence-corrected chi connectivity index (χ0v) is 17.9. The van der Waals surface area contributed by atoms with Gasteiger partial charge in [-0.3, -0.25) is 9.59 Å². The number of carbonyl (C=O) groups is 4. The molecule has 2 rings (SSSR count). The van der Waals surface area contributed by atoms with Gasteiger partial charge in [0.1, 0.15) is 12.1 Å². The summed E-state index contributed by atoms with van der Waals surface area (Å²) in [5, 5.41) is 17.5. The number of nitrogens with zero attached hydrogens (tertiary/aromatic N) is 2. The standard InChI is InChI=1S/2C8H13NO3.Zn/c2*1-2-7(10)9-5-3-4-6(9)8(11)12;/h2*6H,2-5H2,1H3,(H,11,12);/t2*6-;/m00./s1. The number of amides is 2. The van der Waals surface area contributed by atoms with Gasteiger partial charge < -0.3 is 20.0 Å². The Balaban J connectivity index is 0.000000443. The van der Waals surface area contributed by atoms with Crippen LogP contribution in [0.2, 0.25) is 0 Å². The second-order valence-corrected chi connectivity index (χ2v) is 5.87. The summed E-state index contributed by atoms with van der Waals surface area (Å²) in [6.07, 6.45) is 3.60. The molecule has 2 aliphatic rings. The number of rotatable bonds is 4. The van der Waals surface area contributed by atoms with Crippen LogP contribution in [-0.2, 0) is 38.7 Å². The molecule has 0 spiro atoms. The van der Waals surface area contributed by atoms with E-state index in [0.29, 0.717) is 38.8 Å². The maximum absolute atomic E-state index is 11.2. The molecular formula is C16H26N2O6Zn. The van der Waals surface area contributed by atoms with Crippen molar-refractivity contribution < 1.29 is 48.9 Å². The molecule has 2 amide bonds. The summed E-state index contributed by atoms with van der Waals surface area (Å²) in [6.45, 7) is 4.70. The van der Waals surface area contributed by atoms with Gasteiger partial charge in [0, 0.05) is 45.4 Å². The molecule has 2 saturated heterocycles. The van der Waals surface area contributed by atoms with Gasteiger partial charge in [-0.2, -0.15) is 0 Å². The average molecular weight is 408 g/mol. The predicted molar refractivity (Wildman–Crippen MR) is 85.3 cm³/mol. The van der Waals surface area contributed by atoms with E-state index in [4.69, 9.17) is 10.2 Å². The molecule has 138 valence electrons. The van der Waals surface area contributed by atoms with Gasteiger partial charge >= 0.3 is 11.9 Å². The minimum atomic E-state index is -0.880. The van der Waals surface area contributed by atoms with Crippen LogP contribution < -0.4 is 0 Å². The van der Waals surface area contributed by atoms with Gasteiger partial charge in [0.05, 0.1) is 0 Å². The summed E-state index contributed by atoms with van der Waals surface area (Å²) < 4.78 is 0. The van der Waals surface area contributed by atoms with E-state index in [2.05, 4.69) is 0 Å². The molecular weight excluding hydrogens is 382 g/mol. The summed E-state index contributed by atoms with van der Waals surface area (Å²) in [4.78, 5) is 46.6. The van der Waals surface area contributed by atoms with Gasteiger partial charge in [0.25, 0.3) is 0 Å². The summed E-state index contributed by atoms with van der Waals surface area (Å²) >= 11 is 0. The number of aliphatic carboxylic acids is 2. The topological polar surface area (TPSA) is 115 Å². The molecule has 9 heteroatoms. The first-order valence-corrected chi connectivity index (χ1v) is 8.37. The third-order valence-electron chi connectivity index (χ3n) is 4.32. The van der Waals surface area contributed by atoms with E-state index in [1.165, 1.54) is 9.80 Å². The molecule has 2 N–H and O–H groups in total. The molecule has 0 aromatic rings. The van der Waals surface area contributed by atoms with E-state index in [1.54, 1.807) is 13.8 Å². The first kappa shape index (κ1) is 23.5. The van der Waals surface area contributed by atoms with E-state index in [1.807, 2.05) is 0 Å². The summed E-state index contributed by atoms with van der Waals surface area (Å²) in [7, 11) is 0. The van der Waals surface area contributed by atoms with E-state index >= 15 is 0 Å². The Morgan fingerprint density at radius 3 is 1.36 bits per heavy atom. The van der Waals surface area contributed by atoms with Crippen molar-refractivity contribution in [2.45, 2.75) is 64.5 Å². The van der Waals surface area contributed by atoms with Crippen molar-refractivity contribution in [2.24, 2.45) is 0 Å². The molecule has 0 unspecified atom stereocenters. The second-order valence-electron chi connectivity index (χ2n) is 5.87. The van der Waals surface area contributed by atoms with Crippen LogP contribution in [0.15, 0.2) is 0 Å². The van der Waals surface area contributed by atoms with Crippen molar-refractivity contribution in [3.63, 3.8) is 0 Å². The van der Waals surface area contributed by atoms with Crippen LogP contribution in [0.3, 0.4) is 0 Å². The fourth-order valence-corrected chi connectivity index (χ4v) is 3.05. The first-order chi connectivity index (χ1) is 11.3. The van der Waals surface area contributed by atoms with Crippen LogP contribution in [0.25, 0.3) is 0 Å². The Bertz CT molecular complexity index is 455. The first-order valence-electron chi connectivity index (χ1n) is 8.37. The number of likely N-dealkylation sites (tertiary alicyclic amines) is 2. The molecule has 0 aromatic carbocycles. The monoisotopic (exact) mass is 406 g/mol. The normalized spacial score (nSPS) is 21.8. The average Bonchev–Trinajstić information content (AvgIpc) is 3.22. The summed E-state index contributed by atoms with van der Waals surface area (Å²) in [5.41, 5.74) is 0. The smallest absolute Gasteiger partial charge is 0.326 e. The van der Waals surface area contributed by atoms with Gasteiger partial charge in [0.15, 0.2) is 0 Å². The van der Waals surface area contributed by atoms with E-state index in [-0.39, 0.29) is 31.3 Å². The Labute approximate surface area is 160 Å². The van der Waals surface area contributed by atoms with Crippen molar-refractivity contribution in [2.75, 3.05) is 13.1 Å². The van der Waals surface area contributed by atoms with Crippen molar-refractivity contribution in [3.8, 4) is 0 Å². The van der Waals surface area contributed by atoms with Gasteiger partial charge in [-0.25, -0.2) is 9.59 Å². The molecule has 2 heterocycles. The van der Waals surface area contributed by atoms with Crippen LogP contribution in [0.1, 0.15) is 52.4 Å². The zero-order valence-electron chi connectivity index (χ0n) is 14.9. The van der Waals surface area contributed by atoms with E-state index in [9.17, 15) is 19.2 Å². The minimum absolute atomic E-state index is 0. The fraction of sp³-hybridized carbons (Fsp3) is 0.750. The third-order valence-corrected chi connectivity index (χ3v) is 4.32. The zero-order chi connectivity index (χ0) is 18.3. The van der Waals surface area contributed by atoms with Crippen LogP contribution in [-0.4, -0.2) is 68.9 Å². The number of hydrogen-bond acceptors (Lipinski definition) is 4. The predicted octanol–water partition coefficient (Wildman–Crippen LogP) is 0.942. The van der Waals surface area contributed by atoms with Crippen LogP contribution >= 0.6 is 0 Å². The molecule has 2 fully saturated rings. The Morgan fingerprint density at radius 2 is 1.12 bits per heavy atom. The van der Waals surface area contributed by atoms with Gasteiger partial charge in [-0.1, -0.05) is 13.8 Å². The van der Waals surface area contributed by atoms with Crippen LogP contribution in [0.5, 0.6) is 0 Å². The molecule has 25 heavy (non-hydrogen) atoms. The van der Waals surface area contributed by atoms with E-state index in [0.717, 1.165) is 12.8 Å². The molecule has 0 aromatic heterocycles. The number of carboxylic acid groups (broad SMARTS) is 2. The van der Waals surface area contributed by atoms with Gasteiger partial charge in [-0.05, 0) is 25.7 Å². The Morgan fingerprint density at radius 1 is 0.800 bits per heavy atom. The summed E-state index contributed by atoms with van der Waals surface area (Å²) in [5.74, 6) is -1.87. The molecule has 0 bridgehead atoms. The third kappa shape index (κ3) is 6.38. The molecule has 0 aliphatic carbocycles. The van der Waals surface area contributed by atoms with Crippen LogP contribution in [0.4, 0.5) is 0 Å². The molecule has 0 radical (unpaired) electrons. The SMILES string of the molecule is CCC(=O)N1CCC[C@H]1C(=O)O.CCC(=O)N1CCC[C@H]1C(=O)O.[Zn]. The van der Waals surface area contributed by atoms with Crippen LogP contribution in [0, 0.1) is 0 Å². The van der Waals surface area contributed by atoms with Crippen molar-refractivity contribution >= 4 is 23.8 Å². The van der Waals surface area contributed by atoms with Crippen molar-refractivity contribution in [1.82, 2.24) is 9.80 Å². The van der Waals surface area contributed by atoms with Gasteiger partial charge in [0.2, 0.25) is 11.8 Å². The number of carboxylic acids is 2.